The van der Waals surface area contributed by atoms with Crippen LogP contribution in [0.2, 0.25) is 0 Å². The fourth-order valence-corrected chi connectivity index (χ4v) is 5.13. The number of methoxy groups -OCH3 is 1. The zero-order valence-corrected chi connectivity index (χ0v) is 18.7. The number of aromatic nitrogens is 2. The standard InChI is InChI=1S/C24H34N4O2/c1-18(2)28-15-22(25-17-28)21-14-26(13-20-7-5-6-19(3)12-20)16-24(21)8-9-27(23(24)29)10-11-30-4/h5-7,12,15,17-18,21H,8-11,13-14,16H2,1-4H3/t21-,24+/m1/s1. The van der Waals surface area contributed by atoms with Gasteiger partial charge in [0, 0.05) is 58.0 Å². The van der Waals surface area contributed by atoms with Crippen molar-refractivity contribution in [3.63, 3.8) is 0 Å². The first kappa shape index (κ1) is 21.1. The Labute approximate surface area is 179 Å². The van der Waals surface area contributed by atoms with Crippen molar-refractivity contribution in [2.75, 3.05) is 39.9 Å². The number of carbonyl (C=O) groups is 1. The summed E-state index contributed by atoms with van der Waals surface area (Å²) in [6.45, 7) is 11.0. The van der Waals surface area contributed by atoms with Crippen LogP contribution >= 0.6 is 0 Å². The third-order valence-electron chi connectivity index (χ3n) is 6.78. The van der Waals surface area contributed by atoms with E-state index in [1.165, 1.54) is 11.1 Å². The maximum Gasteiger partial charge on any atom is 0.230 e. The minimum atomic E-state index is -0.381. The first-order valence-electron chi connectivity index (χ1n) is 11.0. The summed E-state index contributed by atoms with van der Waals surface area (Å²) in [6, 6.07) is 9.04. The highest BCUT2D eigenvalue weighted by Crippen LogP contribution is 2.49. The van der Waals surface area contributed by atoms with E-state index < -0.39 is 0 Å². The van der Waals surface area contributed by atoms with E-state index in [0.29, 0.717) is 19.2 Å². The van der Waals surface area contributed by atoms with E-state index in [9.17, 15) is 4.79 Å². The molecule has 2 fully saturated rings. The lowest BCUT2D eigenvalue weighted by molar-refractivity contribution is -0.136. The summed E-state index contributed by atoms with van der Waals surface area (Å²) in [7, 11) is 1.69. The number of ether oxygens (including phenoxy) is 1. The van der Waals surface area contributed by atoms with Gasteiger partial charge in [0.1, 0.15) is 0 Å². The summed E-state index contributed by atoms with van der Waals surface area (Å²) >= 11 is 0. The molecule has 0 aliphatic carbocycles. The van der Waals surface area contributed by atoms with Gasteiger partial charge >= 0.3 is 0 Å². The van der Waals surface area contributed by atoms with Crippen LogP contribution in [-0.4, -0.2) is 65.2 Å². The van der Waals surface area contributed by atoms with Crippen molar-refractivity contribution in [3.05, 3.63) is 53.6 Å². The number of carbonyl (C=O) groups excluding carboxylic acids is 1. The van der Waals surface area contributed by atoms with Gasteiger partial charge in [0.2, 0.25) is 5.91 Å². The molecule has 0 bridgehead atoms. The molecule has 2 aromatic rings. The summed E-state index contributed by atoms with van der Waals surface area (Å²) in [6.07, 6.45) is 4.95. The number of hydrogen-bond donors (Lipinski definition) is 0. The summed E-state index contributed by atoms with van der Waals surface area (Å²) in [4.78, 5) is 22.8. The molecular weight excluding hydrogens is 376 g/mol. The second-order valence-corrected chi connectivity index (χ2v) is 9.24. The fraction of sp³-hybridized carbons (Fsp3) is 0.583. The summed E-state index contributed by atoms with van der Waals surface area (Å²) in [5.41, 5.74) is 3.25. The topological polar surface area (TPSA) is 50.6 Å². The predicted octanol–water partition coefficient (Wildman–Crippen LogP) is 3.24. The van der Waals surface area contributed by atoms with Crippen LogP contribution < -0.4 is 0 Å². The van der Waals surface area contributed by atoms with Gasteiger partial charge in [-0.05, 0) is 32.8 Å². The number of amides is 1. The van der Waals surface area contributed by atoms with E-state index in [-0.39, 0.29) is 17.2 Å². The van der Waals surface area contributed by atoms with E-state index >= 15 is 0 Å². The molecule has 0 N–H and O–H groups in total. The number of rotatable bonds is 7. The summed E-state index contributed by atoms with van der Waals surface area (Å²) in [5, 5.41) is 0. The van der Waals surface area contributed by atoms with E-state index in [0.717, 1.165) is 38.3 Å². The smallest absolute Gasteiger partial charge is 0.230 e. The van der Waals surface area contributed by atoms with Crippen molar-refractivity contribution in [1.82, 2.24) is 19.4 Å². The molecular formula is C24H34N4O2. The Kier molecular flexibility index (Phi) is 5.98. The molecule has 6 heteroatoms. The molecule has 0 unspecified atom stereocenters. The molecule has 4 rings (SSSR count). The van der Waals surface area contributed by atoms with Gasteiger partial charge in [-0.25, -0.2) is 4.98 Å². The average Bonchev–Trinajstić information content (AvgIpc) is 3.40. The molecule has 2 saturated heterocycles. The first-order valence-corrected chi connectivity index (χ1v) is 11.0. The quantitative estimate of drug-likeness (QED) is 0.703. The largest absolute Gasteiger partial charge is 0.383 e. The normalized spacial score (nSPS) is 24.6. The van der Waals surface area contributed by atoms with Crippen molar-refractivity contribution in [2.24, 2.45) is 5.41 Å². The van der Waals surface area contributed by atoms with Crippen molar-refractivity contribution in [3.8, 4) is 0 Å². The van der Waals surface area contributed by atoms with Crippen molar-refractivity contribution in [2.45, 2.75) is 45.7 Å². The van der Waals surface area contributed by atoms with E-state index in [4.69, 9.17) is 9.72 Å². The van der Waals surface area contributed by atoms with Gasteiger partial charge < -0.3 is 14.2 Å². The van der Waals surface area contributed by atoms with Crippen molar-refractivity contribution in [1.29, 1.82) is 0 Å². The minimum absolute atomic E-state index is 0.127. The van der Waals surface area contributed by atoms with Crippen LogP contribution in [-0.2, 0) is 16.1 Å². The van der Waals surface area contributed by atoms with Crippen LogP contribution in [0.5, 0.6) is 0 Å². The van der Waals surface area contributed by atoms with Crippen LogP contribution in [0.1, 0.15) is 49.0 Å². The Balaban J connectivity index is 1.61. The predicted molar refractivity (Wildman–Crippen MR) is 117 cm³/mol. The second kappa shape index (κ2) is 8.52. The van der Waals surface area contributed by atoms with E-state index in [1.54, 1.807) is 7.11 Å². The molecule has 1 aromatic carbocycles. The second-order valence-electron chi connectivity index (χ2n) is 9.24. The number of imidazole rings is 1. The van der Waals surface area contributed by atoms with Crippen LogP contribution in [0, 0.1) is 12.3 Å². The average molecular weight is 411 g/mol. The Hall–Kier alpha value is -2.18. The van der Waals surface area contributed by atoms with Gasteiger partial charge in [-0.15, -0.1) is 0 Å². The van der Waals surface area contributed by atoms with Gasteiger partial charge in [0.25, 0.3) is 0 Å². The minimum Gasteiger partial charge on any atom is -0.383 e. The molecule has 30 heavy (non-hydrogen) atoms. The number of likely N-dealkylation sites (tertiary alicyclic amines) is 2. The molecule has 1 spiro atoms. The summed E-state index contributed by atoms with van der Waals surface area (Å²) < 4.78 is 7.38. The van der Waals surface area contributed by atoms with Gasteiger partial charge in [0.15, 0.2) is 0 Å². The van der Waals surface area contributed by atoms with Crippen LogP contribution in [0.25, 0.3) is 0 Å². The highest BCUT2D eigenvalue weighted by Gasteiger charge is 2.57. The third kappa shape index (κ3) is 3.91. The molecule has 2 aliphatic rings. The maximum absolute atomic E-state index is 13.6. The van der Waals surface area contributed by atoms with Crippen molar-refractivity contribution >= 4 is 5.91 Å². The van der Waals surface area contributed by atoms with Crippen molar-refractivity contribution < 1.29 is 9.53 Å². The molecule has 1 amide bonds. The molecule has 2 aliphatic heterocycles. The highest BCUT2D eigenvalue weighted by atomic mass is 16.5. The van der Waals surface area contributed by atoms with Crippen LogP contribution in [0.3, 0.4) is 0 Å². The molecule has 6 nitrogen and oxygen atoms in total. The number of nitrogens with zero attached hydrogens (tertiary/aromatic N) is 4. The van der Waals surface area contributed by atoms with Gasteiger partial charge in [-0.3, -0.25) is 9.69 Å². The molecule has 2 atom stereocenters. The molecule has 162 valence electrons. The van der Waals surface area contributed by atoms with Crippen LogP contribution in [0.15, 0.2) is 36.8 Å². The van der Waals surface area contributed by atoms with E-state index in [2.05, 4.69) is 60.7 Å². The van der Waals surface area contributed by atoms with Gasteiger partial charge in [0.05, 0.1) is 24.0 Å². The zero-order valence-electron chi connectivity index (χ0n) is 18.7. The number of aryl methyl sites for hydroxylation is 1. The Morgan fingerprint density at radius 2 is 2.17 bits per heavy atom. The lowest BCUT2D eigenvalue weighted by Crippen LogP contribution is -2.40. The molecule has 1 aromatic heterocycles. The highest BCUT2D eigenvalue weighted by molar-refractivity contribution is 5.86. The van der Waals surface area contributed by atoms with Gasteiger partial charge in [-0.1, -0.05) is 29.8 Å². The number of hydrogen-bond acceptors (Lipinski definition) is 4. The van der Waals surface area contributed by atoms with Crippen LogP contribution in [0.4, 0.5) is 0 Å². The van der Waals surface area contributed by atoms with Gasteiger partial charge in [-0.2, -0.15) is 0 Å². The number of benzene rings is 1. The lowest BCUT2D eigenvalue weighted by atomic mass is 9.75. The Bertz CT molecular complexity index is 893. The maximum atomic E-state index is 13.6. The SMILES string of the molecule is COCCN1CC[C@@]2(CN(Cc3cccc(C)c3)C[C@@H]2c2cn(C(C)C)cn2)C1=O. The first-order chi connectivity index (χ1) is 14.4. The molecule has 0 saturated carbocycles. The molecule has 3 heterocycles. The lowest BCUT2D eigenvalue weighted by Gasteiger charge is -2.28. The monoisotopic (exact) mass is 410 g/mol. The molecule has 0 radical (unpaired) electrons. The Morgan fingerprint density at radius 3 is 2.87 bits per heavy atom. The third-order valence-corrected chi connectivity index (χ3v) is 6.78. The van der Waals surface area contributed by atoms with E-state index in [1.807, 2.05) is 11.2 Å². The summed E-state index contributed by atoms with van der Waals surface area (Å²) in [5.74, 6) is 0.401. The zero-order chi connectivity index (χ0) is 21.3. The fourth-order valence-electron chi connectivity index (χ4n) is 5.13. The Morgan fingerprint density at radius 1 is 1.33 bits per heavy atom.